The number of guanidine groups is 1. The highest BCUT2D eigenvalue weighted by atomic mass is 16.5. The fourth-order valence-electron chi connectivity index (χ4n) is 3.05. The van der Waals surface area contributed by atoms with Gasteiger partial charge in [0.25, 0.3) is 0 Å². The van der Waals surface area contributed by atoms with Crippen LogP contribution in [0, 0.1) is 6.92 Å². The number of ether oxygens (including phenoxy) is 2. The fraction of sp³-hybridized carbons (Fsp3) is 0.619. The van der Waals surface area contributed by atoms with Crippen LogP contribution in [0.5, 0.6) is 0 Å². The van der Waals surface area contributed by atoms with Gasteiger partial charge >= 0.3 is 0 Å². The van der Waals surface area contributed by atoms with Gasteiger partial charge in [-0.15, -0.1) is 0 Å². The molecule has 1 amide bonds. The third-order valence-corrected chi connectivity index (χ3v) is 4.72. The Morgan fingerprint density at radius 2 is 2.18 bits per heavy atom. The number of carbonyl (C=O) groups is 1. The quantitative estimate of drug-likeness (QED) is 0.417. The standard InChI is InChI=1S/C21H34N4O3/c1-5-27-13-8-11-22-21(23-15-20(26)24(3)4)25-12-14-28-19(16-25)18-10-7-6-9-17(18)2/h6-7,9-10,19H,5,8,11-16H2,1-4H3,(H,22,23). The molecule has 1 aliphatic rings. The van der Waals surface area contributed by atoms with Crippen LogP contribution in [-0.2, 0) is 14.3 Å². The van der Waals surface area contributed by atoms with E-state index in [2.05, 4.69) is 34.3 Å². The second-order valence-corrected chi connectivity index (χ2v) is 7.07. The average molecular weight is 391 g/mol. The van der Waals surface area contributed by atoms with Crippen molar-refractivity contribution in [3.8, 4) is 0 Å². The molecule has 2 rings (SSSR count). The minimum Gasteiger partial charge on any atom is -0.382 e. The molecule has 0 saturated carbocycles. The van der Waals surface area contributed by atoms with Crippen LogP contribution >= 0.6 is 0 Å². The maximum absolute atomic E-state index is 12.0. The molecule has 1 aromatic rings. The smallest absolute Gasteiger partial charge is 0.243 e. The average Bonchev–Trinajstić information content (AvgIpc) is 2.70. The first-order chi connectivity index (χ1) is 13.5. The largest absolute Gasteiger partial charge is 0.382 e. The molecule has 0 spiro atoms. The van der Waals surface area contributed by atoms with Crippen LogP contribution in [0.1, 0.15) is 30.6 Å². The number of nitrogens with one attached hydrogen (secondary N) is 1. The number of hydrogen-bond donors (Lipinski definition) is 1. The van der Waals surface area contributed by atoms with Gasteiger partial charge in [0, 0.05) is 40.4 Å². The molecule has 1 aliphatic heterocycles. The highest BCUT2D eigenvalue weighted by Gasteiger charge is 2.25. The number of nitrogens with zero attached hydrogens (tertiary/aromatic N) is 3. The number of aryl methyl sites for hydroxylation is 1. The van der Waals surface area contributed by atoms with Gasteiger partial charge < -0.3 is 24.6 Å². The van der Waals surface area contributed by atoms with Crippen molar-refractivity contribution in [3.63, 3.8) is 0 Å². The van der Waals surface area contributed by atoms with Crippen molar-refractivity contribution >= 4 is 11.9 Å². The summed E-state index contributed by atoms with van der Waals surface area (Å²) >= 11 is 0. The summed E-state index contributed by atoms with van der Waals surface area (Å²) in [6, 6.07) is 8.31. The Hall–Kier alpha value is -2.12. The molecule has 156 valence electrons. The van der Waals surface area contributed by atoms with E-state index in [-0.39, 0.29) is 18.6 Å². The minimum absolute atomic E-state index is 0.00470. The summed E-state index contributed by atoms with van der Waals surface area (Å²) in [6.45, 7) is 8.49. The van der Waals surface area contributed by atoms with E-state index in [0.29, 0.717) is 19.8 Å². The summed E-state index contributed by atoms with van der Waals surface area (Å²) in [6.07, 6.45) is 0.884. The first-order valence-electron chi connectivity index (χ1n) is 10.0. The molecule has 0 aromatic heterocycles. The highest BCUT2D eigenvalue weighted by Crippen LogP contribution is 2.24. The van der Waals surface area contributed by atoms with E-state index in [0.717, 1.165) is 32.1 Å². The first-order valence-corrected chi connectivity index (χ1v) is 10.0. The summed E-state index contributed by atoms with van der Waals surface area (Å²) in [4.78, 5) is 20.3. The number of likely N-dealkylation sites (N-methyl/N-ethyl adjacent to an activating group) is 1. The molecule has 0 bridgehead atoms. The number of hydrogen-bond acceptors (Lipinski definition) is 4. The molecule has 0 aliphatic carbocycles. The monoisotopic (exact) mass is 390 g/mol. The molecule has 28 heavy (non-hydrogen) atoms. The molecule has 1 N–H and O–H groups in total. The Labute approximate surface area is 168 Å². The predicted molar refractivity (Wildman–Crippen MR) is 112 cm³/mol. The maximum atomic E-state index is 12.0. The zero-order chi connectivity index (χ0) is 20.4. The molecule has 1 saturated heterocycles. The number of amides is 1. The van der Waals surface area contributed by atoms with Crippen LogP contribution in [0.25, 0.3) is 0 Å². The topological polar surface area (TPSA) is 66.4 Å². The molecular formula is C21H34N4O3. The van der Waals surface area contributed by atoms with E-state index in [1.807, 2.05) is 19.1 Å². The van der Waals surface area contributed by atoms with Gasteiger partial charge in [0.15, 0.2) is 5.96 Å². The summed E-state index contributed by atoms with van der Waals surface area (Å²) < 4.78 is 11.4. The molecule has 1 fully saturated rings. The lowest BCUT2D eigenvalue weighted by molar-refractivity contribution is -0.127. The Morgan fingerprint density at radius 1 is 1.39 bits per heavy atom. The SMILES string of the molecule is CCOCCCNC(=NCC(=O)N(C)C)N1CCOC(c2ccccc2C)C1. The minimum atomic E-state index is -0.0164. The normalized spacial score (nSPS) is 17.5. The fourth-order valence-corrected chi connectivity index (χ4v) is 3.05. The second-order valence-electron chi connectivity index (χ2n) is 7.07. The number of rotatable bonds is 8. The van der Waals surface area contributed by atoms with Crippen LogP contribution in [0.3, 0.4) is 0 Å². The third-order valence-electron chi connectivity index (χ3n) is 4.72. The van der Waals surface area contributed by atoms with Crippen molar-refractivity contribution in [1.29, 1.82) is 0 Å². The highest BCUT2D eigenvalue weighted by molar-refractivity contribution is 5.85. The van der Waals surface area contributed by atoms with Gasteiger partial charge in [0.05, 0.1) is 13.2 Å². The van der Waals surface area contributed by atoms with E-state index in [4.69, 9.17) is 9.47 Å². The van der Waals surface area contributed by atoms with Crippen LogP contribution in [0.15, 0.2) is 29.3 Å². The third kappa shape index (κ3) is 6.80. The van der Waals surface area contributed by atoms with Gasteiger partial charge in [0.1, 0.15) is 12.6 Å². The second kappa shape index (κ2) is 11.7. The lowest BCUT2D eigenvalue weighted by atomic mass is 10.0. The van der Waals surface area contributed by atoms with Crippen LogP contribution in [-0.4, -0.2) is 81.8 Å². The molecular weight excluding hydrogens is 356 g/mol. The van der Waals surface area contributed by atoms with Gasteiger partial charge in [-0.3, -0.25) is 4.79 Å². The van der Waals surface area contributed by atoms with Crippen LogP contribution in [0.4, 0.5) is 0 Å². The van der Waals surface area contributed by atoms with Gasteiger partial charge in [-0.1, -0.05) is 24.3 Å². The van der Waals surface area contributed by atoms with Gasteiger partial charge in [0.2, 0.25) is 5.91 Å². The first kappa shape index (κ1) is 22.2. The van der Waals surface area contributed by atoms with E-state index < -0.39 is 0 Å². The Kier molecular flexibility index (Phi) is 9.23. The maximum Gasteiger partial charge on any atom is 0.243 e. The van der Waals surface area contributed by atoms with E-state index in [1.165, 1.54) is 11.1 Å². The predicted octanol–water partition coefficient (Wildman–Crippen LogP) is 1.83. The molecule has 1 unspecified atom stereocenters. The molecule has 7 heteroatoms. The summed E-state index contributed by atoms with van der Waals surface area (Å²) in [7, 11) is 3.49. The number of carbonyl (C=O) groups excluding carboxylic acids is 1. The Morgan fingerprint density at radius 3 is 2.89 bits per heavy atom. The van der Waals surface area contributed by atoms with Crippen molar-refractivity contribution in [2.75, 3.05) is 60.1 Å². The van der Waals surface area contributed by atoms with Crippen LogP contribution < -0.4 is 5.32 Å². The van der Waals surface area contributed by atoms with Crippen molar-refractivity contribution in [2.45, 2.75) is 26.4 Å². The van der Waals surface area contributed by atoms with Gasteiger partial charge in [-0.05, 0) is 31.4 Å². The van der Waals surface area contributed by atoms with Crippen molar-refractivity contribution in [1.82, 2.24) is 15.1 Å². The van der Waals surface area contributed by atoms with Gasteiger partial charge in [-0.2, -0.15) is 0 Å². The van der Waals surface area contributed by atoms with Crippen molar-refractivity contribution < 1.29 is 14.3 Å². The van der Waals surface area contributed by atoms with Gasteiger partial charge in [-0.25, -0.2) is 4.99 Å². The summed E-state index contributed by atoms with van der Waals surface area (Å²) in [5.74, 6) is 0.742. The van der Waals surface area contributed by atoms with Crippen molar-refractivity contribution in [2.24, 2.45) is 4.99 Å². The summed E-state index contributed by atoms with van der Waals surface area (Å²) in [5, 5.41) is 3.40. The summed E-state index contributed by atoms with van der Waals surface area (Å²) in [5.41, 5.74) is 2.42. The van der Waals surface area contributed by atoms with E-state index in [9.17, 15) is 4.79 Å². The lowest BCUT2D eigenvalue weighted by Gasteiger charge is -2.36. The van der Waals surface area contributed by atoms with E-state index >= 15 is 0 Å². The van der Waals surface area contributed by atoms with Crippen LogP contribution in [0.2, 0.25) is 0 Å². The molecule has 7 nitrogen and oxygen atoms in total. The van der Waals surface area contributed by atoms with Crippen molar-refractivity contribution in [3.05, 3.63) is 35.4 Å². The molecule has 1 aromatic carbocycles. The van der Waals surface area contributed by atoms with E-state index in [1.54, 1.807) is 19.0 Å². The molecule has 1 atom stereocenters. The Balaban J connectivity index is 2.06. The zero-order valence-electron chi connectivity index (χ0n) is 17.6. The number of morpholine rings is 1. The molecule has 0 radical (unpaired) electrons. The number of benzene rings is 1. The lowest BCUT2D eigenvalue weighted by Crippen LogP contribution is -2.49. The number of aliphatic imine (C=N–C) groups is 1. The Bertz CT molecular complexity index is 648. The molecule has 1 heterocycles. The zero-order valence-corrected chi connectivity index (χ0v) is 17.6.